The summed E-state index contributed by atoms with van der Waals surface area (Å²) >= 11 is 1.20. The van der Waals surface area contributed by atoms with E-state index in [2.05, 4.69) is 15.3 Å². The molecule has 7 heteroatoms. The van der Waals surface area contributed by atoms with E-state index in [0.29, 0.717) is 10.7 Å². The number of thioether (sulfide) groups is 1. The molecule has 0 saturated carbocycles. The number of benzene rings is 2. The highest BCUT2D eigenvalue weighted by Crippen LogP contribution is 2.22. The van der Waals surface area contributed by atoms with Crippen LogP contribution in [0.15, 0.2) is 47.5 Å². The molecular weight excluding hydrogens is 332 g/mol. The van der Waals surface area contributed by atoms with E-state index in [9.17, 15) is 13.6 Å². The van der Waals surface area contributed by atoms with Gasteiger partial charge in [0.2, 0.25) is 5.91 Å². The number of halogens is 2. The molecule has 0 atom stereocenters. The van der Waals surface area contributed by atoms with Gasteiger partial charge >= 0.3 is 0 Å². The fraction of sp³-hybridized carbons (Fsp3) is 0.118. The molecular formula is C17H13F2N3OS. The van der Waals surface area contributed by atoms with Crippen molar-refractivity contribution in [2.75, 3.05) is 11.1 Å². The van der Waals surface area contributed by atoms with Gasteiger partial charge < -0.3 is 5.32 Å². The van der Waals surface area contributed by atoms with Crippen LogP contribution in [-0.2, 0) is 4.79 Å². The number of rotatable bonds is 4. The number of carbonyl (C=O) groups excluding carboxylic acids is 1. The van der Waals surface area contributed by atoms with Crippen molar-refractivity contribution in [1.82, 2.24) is 9.97 Å². The highest BCUT2D eigenvalue weighted by molar-refractivity contribution is 8.00. The van der Waals surface area contributed by atoms with Gasteiger partial charge in [0.1, 0.15) is 16.7 Å². The average Bonchev–Trinajstić information content (AvgIpc) is 2.56. The Labute approximate surface area is 141 Å². The lowest BCUT2D eigenvalue weighted by Gasteiger charge is -2.08. The molecule has 1 N–H and O–H groups in total. The van der Waals surface area contributed by atoms with Gasteiger partial charge in [-0.05, 0) is 31.2 Å². The summed E-state index contributed by atoms with van der Waals surface area (Å²) in [5.74, 6) is -1.73. The molecule has 24 heavy (non-hydrogen) atoms. The second kappa shape index (κ2) is 6.92. The summed E-state index contributed by atoms with van der Waals surface area (Å²) in [5, 5.41) is 2.98. The maximum absolute atomic E-state index is 13.5. The Morgan fingerprint density at radius 1 is 1.12 bits per heavy atom. The Kier molecular flexibility index (Phi) is 4.71. The molecule has 122 valence electrons. The van der Waals surface area contributed by atoms with Crippen LogP contribution in [0.3, 0.4) is 0 Å². The first-order valence-electron chi connectivity index (χ1n) is 7.14. The van der Waals surface area contributed by atoms with Crippen molar-refractivity contribution in [3.8, 4) is 0 Å². The van der Waals surface area contributed by atoms with Crippen LogP contribution in [-0.4, -0.2) is 21.6 Å². The second-order valence-electron chi connectivity index (χ2n) is 5.06. The van der Waals surface area contributed by atoms with E-state index in [4.69, 9.17) is 0 Å². The summed E-state index contributed by atoms with van der Waals surface area (Å²) in [4.78, 5) is 20.9. The Hall–Kier alpha value is -2.54. The maximum Gasteiger partial charge on any atom is 0.234 e. The lowest BCUT2D eigenvalue weighted by molar-refractivity contribution is -0.113. The van der Waals surface area contributed by atoms with Crippen LogP contribution >= 0.6 is 11.8 Å². The van der Waals surface area contributed by atoms with E-state index < -0.39 is 17.5 Å². The van der Waals surface area contributed by atoms with Crippen molar-refractivity contribution in [2.24, 2.45) is 0 Å². The number of carbonyl (C=O) groups is 1. The number of hydrogen-bond donors (Lipinski definition) is 1. The minimum absolute atomic E-state index is 0.0177. The van der Waals surface area contributed by atoms with Crippen LogP contribution in [0.1, 0.15) is 5.69 Å². The molecule has 0 radical (unpaired) electrons. The predicted octanol–water partition coefficient (Wildman–Crippen LogP) is 3.95. The molecule has 0 spiro atoms. The Balaban J connectivity index is 1.70. The summed E-state index contributed by atoms with van der Waals surface area (Å²) in [6, 6.07) is 10.4. The number of anilines is 1. The molecule has 0 saturated heterocycles. The van der Waals surface area contributed by atoms with E-state index in [-0.39, 0.29) is 11.4 Å². The van der Waals surface area contributed by atoms with Crippen molar-refractivity contribution in [2.45, 2.75) is 11.9 Å². The molecule has 0 unspecified atom stereocenters. The first-order chi connectivity index (χ1) is 11.5. The maximum atomic E-state index is 13.5. The van der Waals surface area contributed by atoms with Gasteiger partial charge in [0.25, 0.3) is 0 Å². The van der Waals surface area contributed by atoms with Gasteiger partial charge in [-0.25, -0.2) is 18.7 Å². The van der Waals surface area contributed by atoms with Crippen LogP contribution in [0.25, 0.3) is 11.0 Å². The molecule has 3 rings (SSSR count). The number of aryl methyl sites for hydroxylation is 1. The number of fused-ring (bicyclic) bond motifs is 1. The van der Waals surface area contributed by atoms with Crippen LogP contribution in [0.5, 0.6) is 0 Å². The van der Waals surface area contributed by atoms with Crippen LogP contribution in [0, 0.1) is 18.6 Å². The zero-order chi connectivity index (χ0) is 17.1. The quantitative estimate of drug-likeness (QED) is 0.728. The fourth-order valence-corrected chi connectivity index (χ4v) is 2.88. The van der Waals surface area contributed by atoms with Crippen molar-refractivity contribution in [1.29, 1.82) is 0 Å². The van der Waals surface area contributed by atoms with Crippen LogP contribution in [0.2, 0.25) is 0 Å². The zero-order valence-electron chi connectivity index (χ0n) is 12.7. The van der Waals surface area contributed by atoms with E-state index in [1.165, 1.54) is 11.8 Å². The van der Waals surface area contributed by atoms with E-state index in [1.54, 1.807) is 0 Å². The number of nitrogens with zero attached hydrogens (tertiary/aromatic N) is 2. The highest BCUT2D eigenvalue weighted by atomic mass is 32.2. The molecule has 0 aliphatic rings. The van der Waals surface area contributed by atoms with Gasteiger partial charge in [-0.3, -0.25) is 4.79 Å². The van der Waals surface area contributed by atoms with E-state index in [1.807, 2.05) is 31.2 Å². The third kappa shape index (κ3) is 3.68. The summed E-state index contributed by atoms with van der Waals surface area (Å²) < 4.78 is 26.6. The first kappa shape index (κ1) is 16.3. The largest absolute Gasteiger partial charge is 0.323 e. The molecule has 1 heterocycles. The summed E-state index contributed by atoms with van der Waals surface area (Å²) in [6.07, 6.45) is 0. The van der Waals surface area contributed by atoms with E-state index >= 15 is 0 Å². The average molecular weight is 345 g/mol. The number of amides is 1. The topological polar surface area (TPSA) is 54.9 Å². The van der Waals surface area contributed by atoms with Gasteiger partial charge in [-0.1, -0.05) is 23.9 Å². The SMILES string of the molecule is Cc1nc2ccccc2nc1SCC(=O)Nc1cc(F)ccc1F. The Morgan fingerprint density at radius 2 is 1.83 bits per heavy atom. The second-order valence-corrected chi connectivity index (χ2v) is 6.03. The highest BCUT2D eigenvalue weighted by Gasteiger charge is 2.11. The molecule has 0 aliphatic carbocycles. The zero-order valence-corrected chi connectivity index (χ0v) is 13.5. The van der Waals surface area contributed by atoms with Gasteiger partial charge in [-0.2, -0.15) is 0 Å². The molecule has 0 bridgehead atoms. The van der Waals surface area contributed by atoms with Gasteiger partial charge in [-0.15, -0.1) is 0 Å². The first-order valence-corrected chi connectivity index (χ1v) is 8.12. The number of aromatic nitrogens is 2. The Bertz CT molecular complexity index is 917. The van der Waals surface area contributed by atoms with Crippen LogP contribution in [0.4, 0.5) is 14.5 Å². The van der Waals surface area contributed by atoms with Gasteiger partial charge in [0.15, 0.2) is 0 Å². The third-order valence-electron chi connectivity index (χ3n) is 3.24. The number of hydrogen-bond acceptors (Lipinski definition) is 4. The van der Waals surface area contributed by atoms with Crippen LogP contribution < -0.4 is 5.32 Å². The van der Waals surface area contributed by atoms with Gasteiger partial charge in [0, 0.05) is 6.07 Å². The molecule has 1 amide bonds. The minimum atomic E-state index is -0.684. The van der Waals surface area contributed by atoms with Crippen molar-refractivity contribution in [3.05, 3.63) is 59.8 Å². The minimum Gasteiger partial charge on any atom is -0.323 e. The molecule has 1 aromatic heterocycles. The summed E-state index contributed by atoms with van der Waals surface area (Å²) in [5.41, 5.74) is 2.05. The standard InChI is InChI=1S/C17H13F2N3OS/c1-10-17(22-14-5-3-2-4-13(14)20-10)24-9-16(23)21-15-8-11(18)6-7-12(15)19/h2-8H,9H2,1H3,(H,21,23). The lowest BCUT2D eigenvalue weighted by Crippen LogP contribution is -2.15. The smallest absolute Gasteiger partial charge is 0.234 e. The molecule has 3 aromatic rings. The molecule has 4 nitrogen and oxygen atoms in total. The monoisotopic (exact) mass is 345 g/mol. The number of nitrogens with one attached hydrogen (secondary N) is 1. The lowest BCUT2D eigenvalue weighted by atomic mass is 10.3. The Morgan fingerprint density at radius 3 is 2.58 bits per heavy atom. The molecule has 2 aromatic carbocycles. The molecule has 0 fully saturated rings. The summed E-state index contributed by atoms with van der Waals surface area (Å²) in [7, 11) is 0. The summed E-state index contributed by atoms with van der Waals surface area (Å²) in [6.45, 7) is 1.81. The normalized spacial score (nSPS) is 10.8. The van der Waals surface area contributed by atoms with Crippen molar-refractivity contribution < 1.29 is 13.6 Å². The van der Waals surface area contributed by atoms with Crippen molar-refractivity contribution in [3.63, 3.8) is 0 Å². The van der Waals surface area contributed by atoms with Gasteiger partial charge in [0.05, 0.1) is 28.2 Å². The fourth-order valence-electron chi connectivity index (χ4n) is 2.12. The number of para-hydroxylation sites is 2. The van der Waals surface area contributed by atoms with Crippen molar-refractivity contribution >= 4 is 34.4 Å². The third-order valence-corrected chi connectivity index (χ3v) is 4.31. The predicted molar refractivity (Wildman–Crippen MR) is 90.0 cm³/mol. The molecule has 0 aliphatic heterocycles. The van der Waals surface area contributed by atoms with E-state index in [0.717, 1.165) is 29.2 Å².